The molecule has 0 unspecified atom stereocenters. The maximum atomic E-state index is 14.3. The molecule has 3 atom stereocenters. The minimum Gasteiger partial charge on any atom is -0.496 e. The van der Waals surface area contributed by atoms with Crippen LogP contribution in [0.15, 0.2) is 35.7 Å². The van der Waals surface area contributed by atoms with Crippen LogP contribution in [-0.4, -0.2) is 48.6 Å². The molecule has 1 aliphatic rings. The van der Waals surface area contributed by atoms with E-state index in [0.717, 1.165) is 10.4 Å². The molecule has 1 saturated heterocycles. The SMILES string of the molecule is COC[C@H]1C[C@](CC(C)C)(OC(=O)O)N(C(=O)c2ccc(C(C)(C)C)c(OC)c2)[C@H]1c1cccs1. The van der Waals surface area contributed by atoms with Crippen LogP contribution in [0.5, 0.6) is 5.75 Å². The normalized spacial score (nSPS) is 22.5. The smallest absolute Gasteiger partial charge is 0.496 e. The summed E-state index contributed by atoms with van der Waals surface area (Å²) in [5.41, 5.74) is -0.0701. The molecule has 1 N–H and O–H groups in total. The third-order valence-corrected chi connectivity index (χ3v) is 7.38. The molecule has 0 radical (unpaired) electrons. The molecule has 0 spiro atoms. The van der Waals surface area contributed by atoms with Crippen LogP contribution in [0.25, 0.3) is 0 Å². The zero-order valence-corrected chi connectivity index (χ0v) is 22.5. The Bertz CT molecular complexity index is 1030. The van der Waals surface area contributed by atoms with Crippen molar-refractivity contribution < 1.29 is 28.9 Å². The summed E-state index contributed by atoms with van der Waals surface area (Å²) in [7, 11) is 3.21. The lowest BCUT2D eigenvalue weighted by Crippen LogP contribution is -2.51. The topological polar surface area (TPSA) is 85.3 Å². The van der Waals surface area contributed by atoms with Crippen LogP contribution < -0.4 is 4.74 Å². The van der Waals surface area contributed by atoms with E-state index < -0.39 is 11.9 Å². The van der Waals surface area contributed by atoms with Gasteiger partial charge >= 0.3 is 6.16 Å². The van der Waals surface area contributed by atoms with Crippen LogP contribution in [0, 0.1) is 11.8 Å². The standard InChI is InChI=1S/C27H37NO6S/c1-17(2)14-27(34-25(30)31)15-19(16-32-6)23(22-9-8-12-35-22)28(27)24(29)18-10-11-20(26(3,4)5)21(13-18)33-7/h8-13,17,19,23H,14-16H2,1-7H3,(H,30,31)/t19-,23-,27+/m1/s1. The molecular formula is C27H37NO6S. The second kappa shape index (κ2) is 10.6. The third-order valence-electron chi connectivity index (χ3n) is 6.44. The fraction of sp³-hybridized carbons (Fsp3) is 0.556. The number of ether oxygens (including phenoxy) is 3. The first-order valence-corrected chi connectivity index (χ1v) is 12.8. The zero-order chi connectivity index (χ0) is 26.0. The minimum absolute atomic E-state index is 0.0905. The largest absolute Gasteiger partial charge is 0.507 e. The van der Waals surface area contributed by atoms with Gasteiger partial charge in [0.25, 0.3) is 5.91 Å². The minimum atomic E-state index is -1.40. The molecule has 1 fully saturated rings. The lowest BCUT2D eigenvalue weighted by Gasteiger charge is -2.40. The monoisotopic (exact) mass is 503 g/mol. The zero-order valence-electron chi connectivity index (χ0n) is 21.7. The molecule has 2 aromatic rings. The summed E-state index contributed by atoms with van der Waals surface area (Å²) in [6.07, 6.45) is -0.659. The van der Waals surface area contributed by atoms with Crippen molar-refractivity contribution in [1.82, 2.24) is 4.90 Å². The van der Waals surface area contributed by atoms with E-state index in [1.54, 1.807) is 42.6 Å². The summed E-state index contributed by atoms with van der Waals surface area (Å²) in [4.78, 5) is 28.8. The van der Waals surface area contributed by atoms with Crippen molar-refractivity contribution in [1.29, 1.82) is 0 Å². The Morgan fingerprint density at radius 1 is 1.23 bits per heavy atom. The molecule has 7 nitrogen and oxygen atoms in total. The first-order valence-electron chi connectivity index (χ1n) is 11.9. The molecule has 0 aliphatic carbocycles. The molecule has 1 aromatic carbocycles. The highest BCUT2D eigenvalue weighted by Gasteiger charge is 2.57. The number of methoxy groups -OCH3 is 2. The Hall–Kier alpha value is -2.58. The molecule has 1 amide bonds. The van der Waals surface area contributed by atoms with Crippen molar-refractivity contribution in [3.05, 3.63) is 51.7 Å². The number of nitrogens with zero attached hydrogens (tertiary/aromatic N) is 1. The van der Waals surface area contributed by atoms with Gasteiger partial charge in [0.05, 0.1) is 19.8 Å². The van der Waals surface area contributed by atoms with Gasteiger partial charge in [-0.15, -0.1) is 11.3 Å². The number of benzene rings is 1. The second-order valence-corrected chi connectivity index (χ2v) is 11.6. The molecule has 35 heavy (non-hydrogen) atoms. The molecule has 1 aliphatic heterocycles. The van der Waals surface area contributed by atoms with E-state index in [4.69, 9.17) is 14.2 Å². The molecular weight excluding hydrogens is 466 g/mol. The van der Waals surface area contributed by atoms with E-state index >= 15 is 0 Å². The summed E-state index contributed by atoms with van der Waals surface area (Å²) in [5, 5.41) is 11.7. The van der Waals surface area contributed by atoms with Gasteiger partial charge in [-0.25, -0.2) is 4.79 Å². The highest BCUT2D eigenvalue weighted by Crippen LogP contribution is 2.52. The van der Waals surface area contributed by atoms with Crippen molar-refractivity contribution >= 4 is 23.4 Å². The van der Waals surface area contributed by atoms with Crippen LogP contribution in [0.1, 0.15) is 74.3 Å². The summed E-state index contributed by atoms with van der Waals surface area (Å²) < 4.78 is 16.8. The summed E-state index contributed by atoms with van der Waals surface area (Å²) in [6, 6.07) is 8.99. The quantitative estimate of drug-likeness (QED) is 0.423. The van der Waals surface area contributed by atoms with Gasteiger partial charge in [0, 0.05) is 36.3 Å². The van der Waals surface area contributed by atoms with Crippen molar-refractivity contribution in [2.45, 2.75) is 64.6 Å². The number of rotatable bonds is 8. The Balaban J connectivity index is 2.19. The molecule has 3 rings (SSSR count). The number of amides is 1. The van der Waals surface area contributed by atoms with Gasteiger partial charge in [0.1, 0.15) is 5.75 Å². The van der Waals surface area contributed by atoms with Gasteiger partial charge < -0.3 is 19.3 Å². The average molecular weight is 504 g/mol. The van der Waals surface area contributed by atoms with Crippen LogP contribution in [0.3, 0.4) is 0 Å². The predicted molar refractivity (Wildman–Crippen MR) is 136 cm³/mol. The van der Waals surface area contributed by atoms with Gasteiger partial charge in [-0.2, -0.15) is 0 Å². The van der Waals surface area contributed by atoms with Crippen LogP contribution >= 0.6 is 11.3 Å². The van der Waals surface area contributed by atoms with E-state index in [-0.39, 0.29) is 29.2 Å². The van der Waals surface area contributed by atoms with Crippen molar-refractivity contribution in [2.24, 2.45) is 11.8 Å². The van der Waals surface area contributed by atoms with E-state index in [1.165, 1.54) is 0 Å². The van der Waals surface area contributed by atoms with Gasteiger partial charge in [-0.1, -0.05) is 46.8 Å². The Kier molecular flexibility index (Phi) is 8.17. The molecule has 192 valence electrons. The number of carboxylic acid groups (broad SMARTS) is 1. The molecule has 0 bridgehead atoms. The number of likely N-dealkylation sites (tertiary alicyclic amines) is 1. The van der Waals surface area contributed by atoms with Gasteiger partial charge in [0.2, 0.25) is 0 Å². The van der Waals surface area contributed by atoms with Gasteiger partial charge in [0.15, 0.2) is 5.72 Å². The molecule has 8 heteroatoms. The predicted octanol–water partition coefficient (Wildman–Crippen LogP) is 6.34. The highest BCUT2D eigenvalue weighted by atomic mass is 32.1. The number of thiophene rings is 1. The van der Waals surface area contributed by atoms with Crippen molar-refractivity contribution in [2.75, 3.05) is 20.8 Å². The second-order valence-electron chi connectivity index (χ2n) is 10.6. The fourth-order valence-electron chi connectivity index (χ4n) is 5.28. The molecule has 1 aromatic heterocycles. The number of carbonyl (C=O) groups is 2. The lowest BCUT2D eigenvalue weighted by atomic mass is 9.85. The van der Waals surface area contributed by atoms with Gasteiger partial charge in [-0.3, -0.25) is 9.69 Å². The summed E-state index contributed by atoms with van der Waals surface area (Å²) in [5.74, 6) is 0.295. The number of hydrogen-bond acceptors (Lipinski definition) is 6. The maximum absolute atomic E-state index is 14.3. The molecule has 0 saturated carbocycles. The number of hydrogen-bond donors (Lipinski definition) is 1. The third kappa shape index (κ3) is 5.64. The maximum Gasteiger partial charge on any atom is 0.507 e. The van der Waals surface area contributed by atoms with Crippen LogP contribution in [-0.2, 0) is 14.9 Å². The van der Waals surface area contributed by atoms with E-state index in [2.05, 4.69) is 20.8 Å². The fourth-order valence-corrected chi connectivity index (χ4v) is 6.18. The Labute approximate surface area is 212 Å². The highest BCUT2D eigenvalue weighted by molar-refractivity contribution is 7.10. The first kappa shape index (κ1) is 27.0. The Morgan fingerprint density at radius 2 is 1.94 bits per heavy atom. The van der Waals surface area contributed by atoms with E-state index in [9.17, 15) is 14.7 Å². The average Bonchev–Trinajstić information content (AvgIpc) is 3.37. The Morgan fingerprint density at radius 3 is 2.46 bits per heavy atom. The first-order chi connectivity index (χ1) is 16.4. The summed E-state index contributed by atoms with van der Waals surface area (Å²) in [6.45, 7) is 10.6. The number of carbonyl (C=O) groups excluding carboxylic acids is 1. The summed E-state index contributed by atoms with van der Waals surface area (Å²) >= 11 is 1.54. The van der Waals surface area contributed by atoms with Crippen molar-refractivity contribution in [3.63, 3.8) is 0 Å². The van der Waals surface area contributed by atoms with E-state index in [1.807, 2.05) is 37.4 Å². The van der Waals surface area contributed by atoms with Gasteiger partial charge in [-0.05, 0) is 40.5 Å². The van der Waals surface area contributed by atoms with Crippen LogP contribution in [0.4, 0.5) is 4.79 Å². The van der Waals surface area contributed by atoms with E-state index in [0.29, 0.717) is 30.8 Å². The van der Waals surface area contributed by atoms with Crippen LogP contribution in [0.2, 0.25) is 0 Å². The van der Waals surface area contributed by atoms with Crippen molar-refractivity contribution in [3.8, 4) is 5.75 Å². The lowest BCUT2D eigenvalue weighted by molar-refractivity contribution is -0.108. The molecule has 2 heterocycles.